The Labute approximate surface area is 127 Å². The van der Waals surface area contributed by atoms with Crippen molar-refractivity contribution in [1.82, 2.24) is 3.71 Å². The molecule has 0 bridgehead atoms. The van der Waals surface area contributed by atoms with E-state index in [1.807, 2.05) is 0 Å². The summed E-state index contributed by atoms with van der Waals surface area (Å²) in [4.78, 5) is 0. The van der Waals surface area contributed by atoms with Crippen molar-refractivity contribution < 1.29 is 52.7 Å². The summed E-state index contributed by atoms with van der Waals surface area (Å²) < 4.78 is 128. The normalized spacial score (nSPS) is 20.2. The Morgan fingerprint density at radius 1 is 0.913 bits per heavy atom. The summed E-state index contributed by atoms with van der Waals surface area (Å²) in [5.74, 6) is -1.69. The molecule has 0 amide bonds. The molecule has 0 saturated carbocycles. The molecule has 1 fully saturated rings. The van der Waals surface area contributed by atoms with Gasteiger partial charge < -0.3 is 9.47 Å². The molecule has 0 spiro atoms. The van der Waals surface area contributed by atoms with Crippen LogP contribution < -0.4 is 0 Å². The van der Waals surface area contributed by atoms with Crippen LogP contribution in [-0.4, -0.2) is 57.1 Å². The van der Waals surface area contributed by atoms with Gasteiger partial charge >= 0.3 is 31.1 Å². The highest BCUT2D eigenvalue weighted by atomic mass is 32.3. The van der Waals surface area contributed by atoms with Gasteiger partial charge in [0.2, 0.25) is 0 Å². The Morgan fingerprint density at radius 3 is 1.57 bits per heavy atom. The SMILES string of the molecule is CC1(CCN(S(=O)(=O)C(F)(F)F)S(=O)(=O)C(F)(F)F)OCCO1. The predicted molar refractivity (Wildman–Crippen MR) is 61.6 cm³/mol. The van der Waals surface area contributed by atoms with E-state index in [-0.39, 0.29) is 13.2 Å². The summed E-state index contributed by atoms with van der Waals surface area (Å²) in [6.45, 7) is -0.595. The Kier molecular flexibility index (Phi) is 5.34. The quantitative estimate of drug-likeness (QED) is 0.649. The van der Waals surface area contributed by atoms with Gasteiger partial charge in [0.1, 0.15) is 0 Å². The molecule has 138 valence electrons. The van der Waals surface area contributed by atoms with Crippen LogP contribution in [0.4, 0.5) is 26.3 Å². The fourth-order valence-electron chi connectivity index (χ4n) is 1.60. The number of nitrogens with zero attached hydrogens (tertiary/aromatic N) is 1. The minimum absolute atomic E-state index is 0.0332. The van der Waals surface area contributed by atoms with Crippen LogP contribution in [0.25, 0.3) is 0 Å². The van der Waals surface area contributed by atoms with E-state index >= 15 is 0 Å². The molecule has 23 heavy (non-hydrogen) atoms. The lowest BCUT2D eigenvalue weighted by molar-refractivity contribution is -0.147. The van der Waals surface area contributed by atoms with Crippen LogP contribution in [0.5, 0.6) is 0 Å². The summed E-state index contributed by atoms with van der Waals surface area (Å²) in [6.07, 6.45) is -0.863. The van der Waals surface area contributed by atoms with Crippen molar-refractivity contribution in [3.63, 3.8) is 0 Å². The average Bonchev–Trinajstić information content (AvgIpc) is 2.72. The van der Waals surface area contributed by atoms with Crippen molar-refractivity contribution in [2.24, 2.45) is 0 Å². The summed E-state index contributed by atoms with van der Waals surface area (Å²) >= 11 is 0. The van der Waals surface area contributed by atoms with E-state index in [1.54, 1.807) is 0 Å². The maximum Gasteiger partial charge on any atom is 0.512 e. The van der Waals surface area contributed by atoms with Gasteiger partial charge in [-0.3, -0.25) is 0 Å². The fraction of sp³-hybridized carbons (Fsp3) is 1.00. The number of ether oxygens (including phenoxy) is 2. The first kappa shape index (κ1) is 20.4. The number of hydrogen-bond donors (Lipinski definition) is 0. The van der Waals surface area contributed by atoms with Crippen molar-refractivity contribution in [2.75, 3.05) is 19.8 Å². The molecule has 1 heterocycles. The van der Waals surface area contributed by atoms with Crippen molar-refractivity contribution in [3.05, 3.63) is 0 Å². The van der Waals surface area contributed by atoms with Crippen molar-refractivity contribution >= 4 is 20.0 Å². The zero-order valence-corrected chi connectivity index (χ0v) is 12.9. The van der Waals surface area contributed by atoms with E-state index in [4.69, 9.17) is 9.47 Å². The second-order valence-corrected chi connectivity index (χ2v) is 8.42. The van der Waals surface area contributed by atoms with Gasteiger partial charge in [0.05, 0.1) is 13.2 Å². The lowest BCUT2D eigenvalue weighted by atomic mass is 10.2. The number of rotatable bonds is 5. The number of sulfonamides is 2. The third kappa shape index (κ3) is 4.07. The van der Waals surface area contributed by atoms with Crippen LogP contribution in [0.3, 0.4) is 0 Å². The van der Waals surface area contributed by atoms with Crippen molar-refractivity contribution in [3.8, 4) is 0 Å². The molecule has 0 radical (unpaired) electrons. The van der Waals surface area contributed by atoms with Gasteiger partial charge in [-0.15, -0.1) is 0 Å². The van der Waals surface area contributed by atoms with Gasteiger partial charge in [0, 0.05) is 13.0 Å². The first-order valence-corrected chi connectivity index (χ1v) is 8.61. The Bertz CT molecular complexity index is 589. The molecule has 15 heteroatoms. The second-order valence-electron chi connectivity index (χ2n) is 4.48. The lowest BCUT2D eigenvalue weighted by Crippen LogP contribution is -2.50. The van der Waals surface area contributed by atoms with Crippen LogP contribution >= 0.6 is 0 Å². The molecule has 0 unspecified atom stereocenters. The highest BCUT2D eigenvalue weighted by Gasteiger charge is 2.61. The molecule has 0 aromatic carbocycles. The molecule has 1 aliphatic heterocycles. The smallest absolute Gasteiger partial charge is 0.348 e. The standard InChI is InChI=1S/C8H11F6NO6S2/c1-6(20-4-5-21-6)2-3-15(22(16,17)7(9,10)11)23(18,19)8(12,13)14/h2-5H2,1H3. The minimum Gasteiger partial charge on any atom is -0.348 e. The molecule has 1 saturated heterocycles. The highest BCUT2D eigenvalue weighted by molar-refractivity contribution is 8.04. The molecule has 1 aliphatic rings. The largest absolute Gasteiger partial charge is 0.512 e. The highest BCUT2D eigenvalue weighted by Crippen LogP contribution is 2.36. The molecule has 7 nitrogen and oxygen atoms in total. The summed E-state index contributed by atoms with van der Waals surface area (Å²) in [6, 6.07) is 0. The third-order valence-electron chi connectivity index (χ3n) is 2.77. The van der Waals surface area contributed by atoms with E-state index in [9.17, 15) is 43.2 Å². The van der Waals surface area contributed by atoms with Gasteiger partial charge in [0.15, 0.2) is 5.79 Å². The third-order valence-corrected chi connectivity index (χ3v) is 6.55. The van der Waals surface area contributed by atoms with Crippen LogP contribution in [-0.2, 0) is 29.5 Å². The zero-order valence-electron chi connectivity index (χ0n) is 11.3. The van der Waals surface area contributed by atoms with Crippen LogP contribution in [0.1, 0.15) is 13.3 Å². The summed E-state index contributed by atoms with van der Waals surface area (Å²) in [7, 11) is -13.6. The van der Waals surface area contributed by atoms with Crippen LogP contribution in [0, 0.1) is 0 Å². The Hall–Kier alpha value is -0.640. The lowest BCUT2D eigenvalue weighted by Gasteiger charge is -2.27. The first-order chi connectivity index (χ1) is 10.0. The van der Waals surface area contributed by atoms with E-state index in [2.05, 4.69) is 0 Å². The molecule has 0 N–H and O–H groups in total. The topological polar surface area (TPSA) is 90.0 Å². The van der Waals surface area contributed by atoms with E-state index < -0.39 is 53.5 Å². The molecule has 0 atom stereocenters. The van der Waals surface area contributed by atoms with Gasteiger partial charge in [-0.05, 0) is 6.92 Å². The zero-order chi connectivity index (χ0) is 18.3. The predicted octanol–water partition coefficient (Wildman–Crippen LogP) is 1.14. The Morgan fingerprint density at radius 2 is 1.26 bits per heavy atom. The maximum absolute atomic E-state index is 12.5. The fourth-order valence-corrected chi connectivity index (χ4v) is 4.26. The first-order valence-electron chi connectivity index (χ1n) is 5.73. The molecule has 0 aliphatic carbocycles. The molecule has 0 aromatic heterocycles. The van der Waals surface area contributed by atoms with Gasteiger partial charge in [-0.2, -0.15) is 26.3 Å². The Balaban J connectivity index is 3.23. The van der Waals surface area contributed by atoms with Crippen LogP contribution in [0.15, 0.2) is 0 Å². The molecular formula is C8H11F6NO6S2. The van der Waals surface area contributed by atoms with Gasteiger partial charge in [-0.1, -0.05) is 3.71 Å². The summed E-state index contributed by atoms with van der Waals surface area (Å²) in [5, 5.41) is 0. The average molecular weight is 395 g/mol. The van der Waals surface area contributed by atoms with Crippen LogP contribution in [0.2, 0.25) is 0 Å². The number of hydrogen-bond acceptors (Lipinski definition) is 6. The van der Waals surface area contributed by atoms with E-state index in [0.717, 1.165) is 6.92 Å². The number of alkyl halides is 6. The number of halogens is 6. The van der Waals surface area contributed by atoms with E-state index in [0.29, 0.717) is 0 Å². The van der Waals surface area contributed by atoms with Gasteiger partial charge in [-0.25, -0.2) is 16.8 Å². The second kappa shape index (κ2) is 6.02. The molecule has 0 aromatic rings. The van der Waals surface area contributed by atoms with Gasteiger partial charge in [0.25, 0.3) is 0 Å². The van der Waals surface area contributed by atoms with E-state index in [1.165, 1.54) is 0 Å². The molecule has 1 rings (SSSR count). The molecular weight excluding hydrogens is 384 g/mol. The van der Waals surface area contributed by atoms with Crippen molar-refractivity contribution in [1.29, 1.82) is 0 Å². The minimum atomic E-state index is -6.78. The van der Waals surface area contributed by atoms with Crippen molar-refractivity contribution in [2.45, 2.75) is 30.1 Å². The summed E-state index contributed by atoms with van der Waals surface area (Å²) in [5.41, 5.74) is -12.5. The maximum atomic E-state index is 12.5. The monoisotopic (exact) mass is 395 g/mol.